The van der Waals surface area contributed by atoms with E-state index in [0.717, 1.165) is 19.4 Å². The Labute approximate surface area is 189 Å². The van der Waals surface area contributed by atoms with Crippen molar-refractivity contribution in [2.45, 2.75) is 43.5 Å². The molecule has 3 aliphatic heterocycles. The van der Waals surface area contributed by atoms with Gasteiger partial charge in [-0.2, -0.15) is 9.97 Å². The lowest BCUT2D eigenvalue weighted by atomic mass is 9.95. The molecule has 5 rings (SSSR count). The fourth-order valence-electron chi connectivity index (χ4n) is 5.14. The zero-order chi connectivity index (χ0) is 22.5. The molecule has 32 heavy (non-hydrogen) atoms. The molecule has 2 aromatic rings. The summed E-state index contributed by atoms with van der Waals surface area (Å²) in [5.74, 6) is -0.379. The Bertz CT molecular complexity index is 1030. The van der Waals surface area contributed by atoms with Crippen LogP contribution in [0.4, 0.5) is 14.6 Å². The quantitative estimate of drug-likeness (QED) is 0.683. The SMILES string of the molecule is CC1(O)COCCN(c2nc(OC[C@@]34CCCN3C[C@H](F)C4)nc3c(F)c(Cl)ncc23)C1. The molecular formula is C21H26ClF2N5O3. The van der Waals surface area contributed by atoms with Gasteiger partial charge in [0, 0.05) is 25.7 Å². The van der Waals surface area contributed by atoms with Crippen LogP contribution in [0.15, 0.2) is 6.20 Å². The second kappa shape index (κ2) is 8.16. The van der Waals surface area contributed by atoms with E-state index in [0.29, 0.717) is 37.3 Å². The van der Waals surface area contributed by atoms with E-state index in [2.05, 4.69) is 19.9 Å². The van der Waals surface area contributed by atoms with Gasteiger partial charge in [0.15, 0.2) is 11.0 Å². The summed E-state index contributed by atoms with van der Waals surface area (Å²) < 4.78 is 40.5. The van der Waals surface area contributed by atoms with Crippen LogP contribution < -0.4 is 9.64 Å². The van der Waals surface area contributed by atoms with Crippen LogP contribution in [0.3, 0.4) is 0 Å². The van der Waals surface area contributed by atoms with Crippen molar-refractivity contribution < 1.29 is 23.4 Å². The van der Waals surface area contributed by atoms with Crippen LogP contribution in [0, 0.1) is 5.82 Å². The highest BCUT2D eigenvalue weighted by molar-refractivity contribution is 6.30. The molecular weight excluding hydrogens is 444 g/mol. The summed E-state index contributed by atoms with van der Waals surface area (Å²) in [4.78, 5) is 16.7. The monoisotopic (exact) mass is 469 g/mol. The number of nitrogens with zero attached hydrogens (tertiary/aromatic N) is 5. The number of alkyl halides is 1. The Kier molecular flexibility index (Phi) is 5.59. The molecule has 5 heterocycles. The lowest BCUT2D eigenvalue weighted by Crippen LogP contribution is -2.44. The lowest BCUT2D eigenvalue weighted by molar-refractivity contribution is -0.0123. The third kappa shape index (κ3) is 3.98. The van der Waals surface area contributed by atoms with E-state index >= 15 is 0 Å². The highest BCUT2D eigenvalue weighted by atomic mass is 35.5. The highest BCUT2D eigenvalue weighted by Gasteiger charge is 2.49. The number of aliphatic hydroxyl groups is 1. The number of aromatic nitrogens is 3. The van der Waals surface area contributed by atoms with E-state index in [1.807, 2.05) is 4.90 Å². The number of halogens is 3. The number of hydrogen-bond donors (Lipinski definition) is 1. The van der Waals surface area contributed by atoms with E-state index < -0.39 is 17.6 Å². The average Bonchev–Trinajstić information content (AvgIpc) is 3.19. The van der Waals surface area contributed by atoms with Crippen molar-refractivity contribution in [3.8, 4) is 6.01 Å². The van der Waals surface area contributed by atoms with Gasteiger partial charge in [-0.15, -0.1) is 0 Å². The maximum Gasteiger partial charge on any atom is 0.319 e. The topological polar surface area (TPSA) is 83.8 Å². The van der Waals surface area contributed by atoms with E-state index in [9.17, 15) is 13.9 Å². The molecule has 1 N–H and O–H groups in total. The average molecular weight is 470 g/mol. The van der Waals surface area contributed by atoms with Crippen LogP contribution in [0.1, 0.15) is 26.2 Å². The van der Waals surface area contributed by atoms with Crippen LogP contribution in [0.25, 0.3) is 10.9 Å². The first kappa shape index (κ1) is 21.9. The predicted molar refractivity (Wildman–Crippen MR) is 115 cm³/mol. The van der Waals surface area contributed by atoms with Gasteiger partial charge in [0.1, 0.15) is 29.7 Å². The molecule has 0 aromatic carbocycles. The molecule has 3 atom stereocenters. The first-order chi connectivity index (χ1) is 15.3. The summed E-state index contributed by atoms with van der Waals surface area (Å²) >= 11 is 5.91. The Morgan fingerprint density at radius 3 is 3.06 bits per heavy atom. The summed E-state index contributed by atoms with van der Waals surface area (Å²) in [5, 5.41) is 10.7. The zero-order valence-corrected chi connectivity index (χ0v) is 18.6. The van der Waals surface area contributed by atoms with Gasteiger partial charge in [-0.05, 0) is 26.3 Å². The first-order valence-electron chi connectivity index (χ1n) is 10.9. The molecule has 0 radical (unpaired) electrons. The van der Waals surface area contributed by atoms with Crippen molar-refractivity contribution in [3.05, 3.63) is 17.2 Å². The summed E-state index contributed by atoms with van der Waals surface area (Å²) in [6.45, 7) is 4.35. The van der Waals surface area contributed by atoms with Crippen molar-refractivity contribution in [1.82, 2.24) is 19.9 Å². The zero-order valence-electron chi connectivity index (χ0n) is 17.9. The number of fused-ring (bicyclic) bond motifs is 2. The summed E-state index contributed by atoms with van der Waals surface area (Å²) in [6, 6.07) is -0.0120. The Hall–Kier alpha value is -1.88. The molecule has 174 valence electrons. The molecule has 0 saturated carbocycles. The molecule has 8 nitrogen and oxygen atoms in total. The number of anilines is 1. The molecule has 0 amide bonds. The van der Waals surface area contributed by atoms with Crippen molar-refractivity contribution >= 4 is 28.3 Å². The van der Waals surface area contributed by atoms with E-state index in [1.54, 1.807) is 6.92 Å². The van der Waals surface area contributed by atoms with Gasteiger partial charge < -0.3 is 19.5 Å². The molecule has 3 saturated heterocycles. The van der Waals surface area contributed by atoms with Gasteiger partial charge in [0.25, 0.3) is 0 Å². The normalized spacial score (nSPS) is 31.2. The maximum atomic E-state index is 14.9. The first-order valence-corrected chi connectivity index (χ1v) is 11.2. The van der Waals surface area contributed by atoms with Gasteiger partial charge in [-0.1, -0.05) is 11.6 Å². The molecule has 3 fully saturated rings. The van der Waals surface area contributed by atoms with Gasteiger partial charge in [-0.25, -0.2) is 13.8 Å². The molecule has 0 bridgehead atoms. The molecule has 0 spiro atoms. The second-order valence-corrected chi connectivity index (χ2v) is 9.65. The number of hydrogen-bond acceptors (Lipinski definition) is 8. The van der Waals surface area contributed by atoms with Crippen molar-refractivity contribution in [1.29, 1.82) is 0 Å². The molecule has 1 unspecified atom stereocenters. The number of ether oxygens (including phenoxy) is 2. The molecule has 2 aromatic heterocycles. The number of rotatable bonds is 4. The molecule has 3 aliphatic rings. The highest BCUT2D eigenvalue weighted by Crippen LogP contribution is 2.40. The lowest BCUT2D eigenvalue weighted by Gasteiger charge is -2.31. The third-order valence-corrected chi connectivity index (χ3v) is 6.84. The number of β-amino-alcohol motifs (C(OH)–C–C–N with tert-alkyl or cyclic N) is 1. The molecule has 0 aliphatic carbocycles. The second-order valence-electron chi connectivity index (χ2n) is 9.29. The third-order valence-electron chi connectivity index (χ3n) is 6.58. The summed E-state index contributed by atoms with van der Waals surface area (Å²) in [5.41, 5.74) is -1.51. The van der Waals surface area contributed by atoms with Gasteiger partial charge in [0.2, 0.25) is 0 Å². The van der Waals surface area contributed by atoms with Crippen molar-refractivity contribution in [2.24, 2.45) is 0 Å². The van der Waals surface area contributed by atoms with E-state index in [1.165, 1.54) is 6.20 Å². The van der Waals surface area contributed by atoms with E-state index in [-0.39, 0.29) is 42.0 Å². The van der Waals surface area contributed by atoms with Gasteiger partial charge in [-0.3, -0.25) is 4.90 Å². The van der Waals surface area contributed by atoms with Crippen LogP contribution in [-0.4, -0.2) is 88.3 Å². The Morgan fingerprint density at radius 1 is 1.38 bits per heavy atom. The predicted octanol–water partition coefficient (Wildman–Crippen LogP) is 2.36. The van der Waals surface area contributed by atoms with Crippen LogP contribution in [0.2, 0.25) is 5.15 Å². The maximum absolute atomic E-state index is 14.9. The van der Waals surface area contributed by atoms with Crippen LogP contribution in [0.5, 0.6) is 6.01 Å². The minimum absolute atomic E-state index is 0.00891. The number of pyridine rings is 1. The standard InChI is InChI=1S/C21H26ClF2N5O3/c1-20(30)10-28(5-6-31-11-20)18-14-8-25-17(22)15(24)16(14)26-19(27-18)32-12-21-3-2-4-29(21)9-13(23)7-21/h8,13,30H,2-7,9-12H2,1H3/t13-,20?,21+/m1/s1. The van der Waals surface area contributed by atoms with E-state index in [4.69, 9.17) is 21.1 Å². The minimum Gasteiger partial charge on any atom is -0.461 e. The van der Waals surface area contributed by atoms with Crippen LogP contribution in [-0.2, 0) is 4.74 Å². The summed E-state index contributed by atoms with van der Waals surface area (Å²) in [6.07, 6.45) is 2.77. The van der Waals surface area contributed by atoms with Crippen molar-refractivity contribution in [3.63, 3.8) is 0 Å². The molecule has 11 heteroatoms. The van der Waals surface area contributed by atoms with Crippen LogP contribution >= 0.6 is 11.6 Å². The fraction of sp³-hybridized carbons (Fsp3) is 0.667. The largest absolute Gasteiger partial charge is 0.461 e. The minimum atomic E-state index is -1.11. The Morgan fingerprint density at radius 2 is 2.22 bits per heavy atom. The van der Waals surface area contributed by atoms with Gasteiger partial charge in [0.05, 0.1) is 30.7 Å². The van der Waals surface area contributed by atoms with Gasteiger partial charge >= 0.3 is 6.01 Å². The fourth-order valence-corrected chi connectivity index (χ4v) is 5.27. The smallest absolute Gasteiger partial charge is 0.319 e. The Balaban J connectivity index is 1.51. The van der Waals surface area contributed by atoms with Crippen molar-refractivity contribution in [2.75, 3.05) is 50.9 Å². The summed E-state index contributed by atoms with van der Waals surface area (Å²) in [7, 11) is 0.